The summed E-state index contributed by atoms with van der Waals surface area (Å²) < 4.78 is 0. The van der Waals surface area contributed by atoms with E-state index in [0.29, 0.717) is 29.6 Å². The number of fused-ring (bicyclic) bond motifs is 10. The van der Waals surface area contributed by atoms with Gasteiger partial charge >= 0.3 is 0 Å². The van der Waals surface area contributed by atoms with Crippen LogP contribution in [0.2, 0.25) is 0 Å². The minimum atomic E-state index is -0.554. The van der Waals surface area contributed by atoms with Crippen LogP contribution in [-0.2, 0) is 12.0 Å². The number of nitrogens with one attached hydrogen (secondary N) is 1. The monoisotopic (exact) mass is 788 g/mol. The Balaban J connectivity index is 0.000000620. The van der Waals surface area contributed by atoms with Gasteiger partial charge in [-0.3, -0.25) is 10.4 Å². The summed E-state index contributed by atoms with van der Waals surface area (Å²) in [5.74, 6) is 1.32. The lowest BCUT2D eigenvalue weighted by Crippen LogP contribution is -2.26. The van der Waals surface area contributed by atoms with Crippen LogP contribution in [0.15, 0.2) is 221 Å². The summed E-state index contributed by atoms with van der Waals surface area (Å²) in [4.78, 5) is 14.4. The summed E-state index contributed by atoms with van der Waals surface area (Å²) in [6.07, 6.45) is 0. The predicted molar refractivity (Wildman–Crippen MR) is 252 cm³/mol. The largest absolute Gasteiger partial charge is 0.383 e. The summed E-state index contributed by atoms with van der Waals surface area (Å²) >= 11 is 0. The summed E-state index contributed by atoms with van der Waals surface area (Å²) in [5.41, 5.74) is 27.5. The molecule has 5 N–H and O–H groups in total. The molecule has 0 saturated carbocycles. The van der Waals surface area contributed by atoms with E-state index in [1.54, 1.807) is 0 Å². The molecule has 294 valence electrons. The average molecular weight is 789 g/mol. The first kappa shape index (κ1) is 38.6. The van der Waals surface area contributed by atoms with E-state index in [1.165, 1.54) is 27.8 Å². The van der Waals surface area contributed by atoms with Crippen LogP contribution in [-0.4, -0.2) is 23.3 Å². The molecular weight excluding hydrogens is 745 g/mol. The number of hydrogen-bond acceptors (Lipinski definition) is 2. The molecule has 0 unspecified atom stereocenters. The lowest BCUT2D eigenvalue weighted by molar-refractivity contribution is 0.793. The number of rotatable bonds is 6. The maximum absolute atomic E-state index is 9.04. The van der Waals surface area contributed by atoms with E-state index in [0.717, 1.165) is 44.5 Å². The molecule has 0 amide bonds. The van der Waals surface area contributed by atoms with Crippen LogP contribution in [0.5, 0.6) is 0 Å². The number of amidine groups is 4. The molecule has 0 bridgehead atoms. The van der Waals surface area contributed by atoms with Crippen LogP contribution in [0.25, 0.3) is 22.3 Å². The predicted octanol–water partition coefficient (Wildman–Crippen LogP) is 11.1. The molecule has 0 fully saturated rings. The second-order valence-corrected chi connectivity index (χ2v) is 15.2. The minimum Gasteiger partial charge on any atom is -0.383 e. The lowest BCUT2D eigenvalue weighted by Gasteiger charge is -2.30. The number of nitrogens with two attached hydrogens (primary N) is 2. The van der Waals surface area contributed by atoms with E-state index in [-0.39, 0.29) is 5.84 Å². The molecule has 8 aromatic rings. The standard InChI is InChI=1S/C48H36N6.C7H8/c49-44(32-16-6-2-7-17-32)53-45(50)34-24-26-42-38(28-34)39-29-35(46(51)54-47(33-18-8-3-9-19-33)52-30-31-14-4-1-5-15-31)25-27-43(39)48(42)40-22-12-10-20-36(40)37-21-11-13-23-41(37)48;1-7-5-3-2-4-6-7/h1-29H,30H2,(H3,49,50,53)(H2,51,52,54);2-6H,1H3. The van der Waals surface area contributed by atoms with E-state index in [9.17, 15) is 0 Å². The first-order valence-electron chi connectivity index (χ1n) is 20.4. The van der Waals surface area contributed by atoms with Gasteiger partial charge < -0.3 is 11.5 Å². The first-order valence-corrected chi connectivity index (χ1v) is 20.4. The van der Waals surface area contributed by atoms with E-state index in [4.69, 9.17) is 26.9 Å². The maximum atomic E-state index is 9.04. The zero-order valence-corrected chi connectivity index (χ0v) is 33.8. The Morgan fingerprint density at radius 1 is 0.443 bits per heavy atom. The Hall–Kier alpha value is -7.96. The molecule has 61 heavy (non-hydrogen) atoms. The van der Waals surface area contributed by atoms with Crippen LogP contribution < -0.4 is 11.5 Å². The van der Waals surface area contributed by atoms with Crippen LogP contribution in [0.1, 0.15) is 55.6 Å². The highest BCUT2D eigenvalue weighted by Crippen LogP contribution is 2.62. The molecule has 0 aliphatic heterocycles. The van der Waals surface area contributed by atoms with Gasteiger partial charge in [-0.2, -0.15) is 0 Å². The van der Waals surface area contributed by atoms with Gasteiger partial charge in [-0.25, -0.2) is 9.98 Å². The smallest absolute Gasteiger partial charge is 0.157 e. The van der Waals surface area contributed by atoms with Gasteiger partial charge in [0.05, 0.1) is 12.0 Å². The molecule has 6 nitrogen and oxygen atoms in total. The van der Waals surface area contributed by atoms with Crippen LogP contribution in [0, 0.1) is 12.3 Å². The molecule has 2 aliphatic carbocycles. The second kappa shape index (κ2) is 16.7. The highest BCUT2D eigenvalue weighted by Gasteiger charge is 2.51. The van der Waals surface area contributed by atoms with E-state index in [2.05, 4.69) is 115 Å². The molecule has 2 aliphatic rings. The SMILES string of the molecule is Cc1ccccc1.N=C(N=C(N)c1ccccc1)c1ccc2c(c1)-c1cc(C(N)=NC(=NCc3ccccc3)c3ccccc3)ccc1C21c2ccccc2-c2ccccc21. The Bertz CT molecular complexity index is 2920. The van der Waals surface area contributed by atoms with Gasteiger partial charge in [0.1, 0.15) is 11.7 Å². The van der Waals surface area contributed by atoms with Crippen molar-refractivity contribution in [1.82, 2.24) is 0 Å². The zero-order valence-electron chi connectivity index (χ0n) is 33.8. The Kier molecular flexibility index (Phi) is 10.6. The third-order valence-electron chi connectivity index (χ3n) is 11.4. The van der Waals surface area contributed by atoms with Crippen molar-refractivity contribution in [2.24, 2.45) is 26.4 Å². The Labute approximate surface area is 356 Å². The molecule has 0 saturated heterocycles. The lowest BCUT2D eigenvalue weighted by atomic mass is 9.70. The molecule has 8 aromatic carbocycles. The molecular formula is C55H44N6. The summed E-state index contributed by atoms with van der Waals surface area (Å²) in [7, 11) is 0. The van der Waals surface area contributed by atoms with Gasteiger partial charge in [0.15, 0.2) is 11.7 Å². The van der Waals surface area contributed by atoms with Gasteiger partial charge in [-0.05, 0) is 69.1 Å². The maximum Gasteiger partial charge on any atom is 0.157 e. The van der Waals surface area contributed by atoms with Crippen molar-refractivity contribution in [3.63, 3.8) is 0 Å². The van der Waals surface area contributed by atoms with Crippen molar-refractivity contribution < 1.29 is 0 Å². The van der Waals surface area contributed by atoms with Gasteiger partial charge in [0.2, 0.25) is 0 Å². The van der Waals surface area contributed by atoms with E-state index >= 15 is 0 Å². The number of aliphatic imine (C=N–C) groups is 3. The molecule has 6 heteroatoms. The molecule has 0 heterocycles. The summed E-state index contributed by atoms with van der Waals surface area (Å²) in [6, 6.07) is 69.9. The van der Waals surface area contributed by atoms with Crippen molar-refractivity contribution in [3.05, 3.63) is 262 Å². The summed E-state index contributed by atoms with van der Waals surface area (Å²) in [5, 5.41) is 9.04. The molecule has 0 atom stereocenters. The number of aryl methyl sites for hydroxylation is 1. The highest BCUT2D eigenvalue weighted by molar-refractivity contribution is 6.13. The van der Waals surface area contributed by atoms with Crippen molar-refractivity contribution in [1.29, 1.82) is 5.41 Å². The third kappa shape index (κ3) is 7.36. The molecule has 0 aromatic heterocycles. The van der Waals surface area contributed by atoms with Crippen LogP contribution in [0.3, 0.4) is 0 Å². The Morgan fingerprint density at radius 3 is 1.44 bits per heavy atom. The first-order chi connectivity index (χ1) is 29.9. The van der Waals surface area contributed by atoms with Crippen molar-refractivity contribution in [3.8, 4) is 22.3 Å². The van der Waals surface area contributed by atoms with Crippen molar-refractivity contribution in [2.75, 3.05) is 0 Å². The minimum absolute atomic E-state index is 0.0910. The van der Waals surface area contributed by atoms with Crippen molar-refractivity contribution in [2.45, 2.75) is 18.9 Å². The highest BCUT2D eigenvalue weighted by atomic mass is 15.0. The van der Waals surface area contributed by atoms with Gasteiger partial charge in [-0.15, -0.1) is 0 Å². The normalized spacial score (nSPS) is 13.4. The molecule has 10 rings (SSSR count). The van der Waals surface area contributed by atoms with Gasteiger partial charge in [0, 0.05) is 22.3 Å². The van der Waals surface area contributed by atoms with E-state index < -0.39 is 5.41 Å². The summed E-state index contributed by atoms with van der Waals surface area (Å²) in [6.45, 7) is 2.56. The molecule has 0 radical (unpaired) electrons. The van der Waals surface area contributed by atoms with Gasteiger partial charge in [0.25, 0.3) is 0 Å². The number of benzene rings is 8. The second-order valence-electron chi connectivity index (χ2n) is 15.2. The fourth-order valence-corrected chi connectivity index (χ4v) is 8.55. The van der Waals surface area contributed by atoms with Crippen LogP contribution >= 0.6 is 0 Å². The zero-order chi connectivity index (χ0) is 41.8. The molecule has 1 spiro atoms. The van der Waals surface area contributed by atoms with Crippen molar-refractivity contribution >= 4 is 23.3 Å². The van der Waals surface area contributed by atoms with Gasteiger partial charge in [-0.1, -0.05) is 200 Å². The fraction of sp³-hybridized carbons (Fsp3) is 0.0545. The fourth-order valence-electron chi connectivity index (χ4n) is 8.55. The topological polar surface area (TPSA) is 113 Å². The number of nitrogens with zero attached hydrogens (tertiary/aromatic N) is 3. The van der Waals surface area contributed by atoms with E-state index in [1.807, 2.05) is 103 Å². The Morgan fingerprint density at radius 2 is 0.885 bits per heavy atom. The quantitative estimate of drug-likeness (QED) is 0.115. The number of hydrogen-bond donors (Lipinski definition) is 3. The van der Waals surface area contributed by atoms with Crippen LogP contribution in [0.4, 0.5) is 0 Å². The third-order valence-corrected chi connectivity index (χ3v) is 11.4. The average Bonchev–Trinajstić information content (AvgIpc) is 3.78.